The molecule has 0 N–H and O–H groups in total. The molecule has 4 nitrogen and oxygen atoms in total. The first-order valence-corrected chi connectivity index (χ1v) is 17.3. The van der Waals surface area contributed by atoms with Crippen LogP contribution in [0.25, 0.3) is 0 Å². The van der Waals surface area contributed by atoms with Crippen LogP contribution in [-0.2, 0) is 0 Å². The Morgan fingerprint density at radius 1 is 0.700 bits per heavy atom. The van der Waals surface area contributed by atoms with Crippen LogP contribution in [0.3, 0.4) is 0 Å². The highest BCUT2D eigenvalue weighted by molar-refractivity contribution is 6.92. The fourth-order valence-corrected chi connectivity index (χ4v) is 19.0. The largest absolute Gasteiger partial charge is 0.345 e. The summed E-state index contributed by atoms with van der Waals surface area (Å²) in [6, 6.07) is 15.2. The van der Waals surface area contributed by atoms with Crippen molar-refractivity contribution in [2.45, 2.75) is 90.6 Å². The number of imide groups is 1. The third kappa shape index (κ3) is 4.51. The summed E-state index contributed by atoms with van der Waals surface area (Å²) in [4.78, 5) is 26.7. The van der Waals surface area contributed by atoms with E-state index in [1.165, 1.54) is 41.2 Å². The van der Waals surface area contributed by atoms with E-state index in [4.69, 9.17) is 0 Å². The third-order valence-corrected chi connectivity index (χ3v) is 21.5. The molecule has 0 radical (unpaired) electrons. The van der Waals surface area contributed by atoms with Crippen molar-refractivity contribution in [2.75, 3.05) is 13.1 Å². The molecular weight excluding hydrogens is 404 g/mol. The van der Waals surface area contributed by atoms with E-state index < -0.39 is 16.5 Å². The Kier molecular flexibility index (Phi) is 9.06. The summed E-state index contributed by atoms with van der Waals surface area (Å²) in [5.41, 5.74) is 1.13. The molecule has 1 aliphatic heterocycles. The van der Waals surface area contributed by atoms with Crippen molar-refractivity contribution in [3.8, 4) is 0 Å². The zero-order valence-electron chi connectivity index (χ0n) is 20.1. The van der Waals surface area contributed by atoms with Crippen molar-refractivity contribution in [2.24, 2.45) is 0 Å². The Balaban J connectivity index is 2.10. The molecule has 2 rings (SSSR count). The van der Waals surface area contributed by atoms with Crippen LogP contribution in [0.5, 0.6) is 0 Å². The highest BCUT2D eigenvalue weighted by Crippen LogP contribution is 2.36. The van der Waals surface area contributed by atoms with Crippen LogP contribution in [0.2, 0.25) is 36.3 Å². The van der Waals surface area contributed by atoms with E-state index >= 15 is 0 Å². The first kappa shape index (κ1) is 25.0. The summed E-state index contributed by atoms with van der Waals surface area (Å²) in [5.74, 6) is -0.238. The summed E-state index contributed by atoms with van der Waals surface area (Å²) >= 11 is 0. The van der Waals surface area contributed by atoms with Gasteiger partial charge in [0.05, 0.1) is 11.1 Å². The van der Waals surface area contributed by atoms with Gasteiger partial charge in [-0.1, -0.05) is 53.7 Å². The van der Waals surface area contributed by atoms with Gasteiger partial charge in [0.25, 0.3) is 11.8 Å². The lowest BCUT2D eigenvalue weighted by Gasteiger charge is -2.52. The average molecular weight is 447 g/mol. The van der Waals surface area contributed by atoms with Gasteiger partial charge in [0, 0.05) is 6.54 Å². The van der Waals surface area contributed by atoms with Crippen LogP contribution >= 0.6 is 0 Å². The molecule has 0 spiro atoms. The Hall–Kier alpha value is -1.25. The topological polar surface area (TPSA) is 40.6 Å². The maximum absolute atomic E-state index is 12.6. The van der Waals surface area contributed by atoms with E-state index in [2.05, 4.69) is 45.8 Å². The fourth-order valence-electron chi connectivity index (χ4n) is 5.60. The predicted octanol–water partition coefficient (Wildman–Crippen LogP) is 6.38. The van der Waals surface area contributed by atoms with E-state index in [0.29, 0.717) is 17.7 Å². The third-order valence-electron chi connectivity index (χ3n) is 7.99. The molecule has 6 heteroatoms. The number of hydrogen-bond acceptors (Lipinski definition) is 3. The van der Waals surface area contributed by atoms with Gasteiger partial charge < -0.3 is 4.23 Å². The van der Waals surface area contributed by atoms with Gasteiger partial charge in [-0.15, -0.1) is 0 Å². The second kappa shape index (κ2) is 10.9. The zero-order valence-corrected chi connectivity index (χ0v) is 22.1. The fraction of sp³-hybridized carbons (Fsp3) is 0.667. The molecule has 0 atom stereocenters. The van der Waals surface area contributed by atoms with Crippen LogP contribution < -0.4 is 0 Å². The Labute approximate surface area is 186 Å². The zero-order chi connectivity index (χ0) is 22.4. The number of rotatable bonds is 13. The van der Waals surface area contributed by atoms with Gasteiger partial charge in [0.2, 0.25) is 0 Å². The number of fused-ring (bicyclic) bond motifs is 1. The van der Waals surface area contributed by atoms with Gasteiger partial charge in [0.15, 0.2) is 0 Å². The highest BCUT2D eigenvalue weighted by atomic mass is 28.4. The smallest absolute Gasteiger partial charge is 0.261 e. The molecule has 2 amide bonds. The molecule has 168 valence electrons. The van der Waals surface area contributed by atoms with Crippen molar-refractivity contribution in [1.29, 1.82) is 0 Å². The SMILES string of the molecule is CC[Si](CC)(CC)N(CCCCN1C(=O)c2ccccc2C1=O)[Si](CC)(CC)CC. The number of carbonyl (C=O) groups excluding carboxylic acids is 2. The lowest BCUT2D eigenvalue weighted by atomic mass is 10.1. The molecule has 0 aromatic heterocycles. The highest BCUT2D eigenvalue weighted by Gasteiger charge is 2.45. The number of unbranched alkanes of at least 4 members (excludes halogenated alkanes) is 1. The van der Waals surface area contributed by atoms with Crippen LogP contribution in [0.15, 0.2) is 24.3 Å². The van der Waals surface area contributed by atoms with Crippen molar-refractivity contribution < 1.29 is 9.59 Å². The molecule has 0 fully saturated rings. The van der Waals surface area contributed by atoms with E-state index in [9.17, 15) is 9.59 Å². The summed E-state index contributed by atoms with van der Waals surface area (Å²) in [7, 11) is -2.92. The number of carbonyl (C=O) groups is 2. The van der Waals surface area contributed by atoms with Crippen molar-refractivity contribution in [3.05, 3.63) is 35.4 Å². The van der Waals surface area contributed by atoms with Gasteiger partial charge in [-0.05, 0) is 67.8 Å². The van der Waals surface area contributed by atoms with E-state index in [1.54, 1.807) is 12.1 Å². The molecular formula is C24H42N2O2Si2. The summed E-state index contributed by atoms with van der Waals surface area (Å²) in [6.45, 7) is 16.1. The molecule has 1 heterocycles. The molecule has 0 aliphatic carbocycles. The summed E-state index contributed by atoms with van der Waals surface area (Å²) < 4.78 is 3.09. The molecule has 0 saturated heterocycles. The summed E-state index contributed by atoms with van der Waals surface area (Å²) in [6.07, 6.45) is 1.96. The maximum atomic E-state index is 12.6. The average Bonchev–Trinajstić information content (AvgIpc) is 3.03. The van der Waals surface area contributed by atoms with E-state index in [1.807, 2.05) is 12.1 Å². The number of amides is 2. The molecule has 0 bridgehead atoms. The predicted molar refractivity (Wildman–Crippen MR) is 132 cm³/mol. The lowest BCUT2D eigenvalue weighted by molar-refractivity contribution is 0.0651. The van der Waals surface area contributed by atoms with Crippen molar-refractivity contribution in [1.82, 2.24) is 9.13 Å². The number of hydrogen-bond donors (Lipinski definition) is 0. The van der Waals surface area contributed by atoms with Crippen LogP contribution in [0.4, 0.5) is 0 Å². The first-order chi connectivity index (χ1) is 14.4. The molecule has 0 saturated carbocycles. The number of benzene rings is 1. The minimum Gasteiger partial charge on any atom is -0.345 e. The van der Waals surface area contributed by atoms with Gasteiger partial charge in [-0.25, -0.2) is 0 Å². The molecule has 1 aromatic carbocycles. The van der Waals surface area contributed by atoms with E-state index in [0.717, 1.165) is 19.4 Å². The van der Waals surface area contributed by atoms with E-state index in [-0.39, 0.29) is 11.8 Å². The quantitative estimate of drug-likeness (QED) is 0.201. The van der Waals surface area contributed by atoms with Gasteiger partial charge in [-0.2, -0.15) is 0 Å². The minimum absolute atomic E-state index is 0.119. The van der Waals surface area contributed by atoms with Gasteiger partial charge >= 0.3 is 0 Å². The van der Waals surface area contributed by atoms with Crippen LogP contribution in [-0.4, -0.2) is 50.5 Å². The standard InChI is InChI=1S/C24H42N2O2Si2/c1-7-29(8-2,9-3)26(30(10-4,11-5)12-6)20-16-15-19-25-23(27)21-17-13-14-18-22(21)24(25)28/h13-14,17-18H,7-12,15-16,19-20H2,1-6H3. The van der Waals surface area contributed by atoms with Crippen molar-refractivity contribution in [3.63, 3.8) is 0 Å². The Bertz CT molecular complexity index is 658. The molecule has 1 aromatic rings. The maximum Gasteiger partial charge on any atom is 0.261 e. The molecule has 0 unspecified atom stereocenters. The lowest BCUT2D eigenvalue weighted by Crippen LogP contribution is -2.66. The monoisotopic (exact) mass is 446 g/mol. The van der Waals surface area contributed by atoms with Gasteiger partial charge in [-0.3, -0.25) is 14.5 Å². The van der Waals surface area contributed by atoms with Crippen molar-refractivity contribution >= 4 is 28.3 Å². The Morgan fingerprint density at radius 3 is 1.47 bits per heavy atom. The molecule has 30 heavy (non-hydrogen) atoms. The summed E-state index contributed by atoms with van der Waals surface area (Å²) in [5, 5.41) is 0. The number of nitrogens with zero attached hydrogens (tertiary/aromatic N) is 2. The second-order valence-electron chi connectivity index (χ2n) is 8.74. The second-order valence-corrected chi connectivity index (χ2v) is 19.4. The molecule has 1 aliphatic rings. The Morgan fingerprint density at radius 2 is 1.10 bits per heavy atom. The van der Waals surface area contributed by atoms with Crippen LogP contribution in [0, 0.1) is 0 Å². The minimum atomic E-state index is -1.46. The van der Waals surface area contributed by atoms with Gasteiger partial charge in [0.1, 0.15) is 16.5 Å². The normalized spacial score (nSPS) is 14.7. The first-order valence-electron chi connectivity index (χ1n) is 12.1. The van der Waals surface area contributed by atoms with Crippen LogP contribution in [0.1, 0.15) is 75.1 Å².